The van der Waals surface area contributed by atoms with Gasteiger partial charge in [-0.15, -0.1) is 11.3 Å². The molecule has 4 nitrogen and oxygen atoms in total. The van der Waals surface area contributed by atoms with Crippen LogP contribution < -0.4 is 4.74 Å². The summed E-state index contributed by atoms with van der Waals surface area (Å²) >= 11 is 7.83. The molecule has 1 aromatic heterocycles. The molecule has 0 amide bonds. The minimum Gasteiger partial charge on any atom is -0.495 e. The molecule has 0 radical (unpaired) electrons. The molecule has 0 atom stereocenters. The molecule has 23 heavy (non-hydrogen) atoms. The van der Waals surface area contributed by atoms with Crippen molar-refractivity contribution < 1.29 is 14.3 Å². The fraction of sp³-hybridized carbons (Fsp3) is 0.294. The van der Waals surface area contributed by atoms with E-state index in [2.05, 4.69) is 4.99 Å². The summed E-state index contributed by atoms with van der Waals surface area (Å²) in [4.78, 5) is 17.3. The molecule has 6 heteroatoms. The van der Waals surface area contributed by atoms with Gasteiger partial charge in [0, 0.05) is 40.3 Å². The number of carbonyl (C=O) groups excluding carboxylic acids is 1. The van der Waals surface area contributed by atoms with Crippen LogP contribution in [0, 0.1) is 0 Å². The van der Waals surface area contributed by atoms with Crippen LogP contribution in [0.15, 0.2) is 50.1 Å². The third-order valence-corrected chi connectivity index (χ3v) is 4.85. The number of aliphatic imine (C=N–C) groups is 1. The fourth-order valence-electron chi connectivity index (χ4n) is 2.65. The number of rotatable bonds is 5. The van der Waals surface area contributed by atoms with Crippen LogP contribution in [0.4, 0.5) is 0 Å². The number of fused-ring (bicyclic) bond motifs is 1. The summed E-state index contributed by atoms with van der Waals surface area (Å²) < 4.78 is 10.8. The largest absolute Gasteiger partial charge is 0.495 e. The van der Waals surface area contributed by atoms with Crippen molar-refractivity contribution in [2.45, 2.75) is 20.3 Å². The van der Waals surface area contributed by atoms with Crippen molar-refractivity contribution in [2.75, 3.05) is 13.7 Å². The molecule has 0 bridgehead atoms. The number of ketones is 1. The van der Waals surface area contributed by atoms with Crippen LogP contribution in [0.25, 0.3) is 0 Å². The van der Waals surface area contributed by atoms with Crippen molar-refractivity contribution >= 4 is 34.4 Å². The molecule has 0 saturated carbocycles. The van der Waals surface area contributed by atoms with Crippen LogP contribution in [0.3, 0.4) is 0 Å². The maximum atomic E-state index is 12.9. The fourth-order valence-corrected chi connectivity index (χ4v) is 3.80. The minimum atomic E-state index is -0.103. The van der Waals surface area contributed by atoms with Crippen molar-refractivity contribution in [3.8, 4) is 5.06 Å². The molecule has 1 aromatic rings. The molecule has 2 aliphatic rings. The van der Waals surface area contributed by atoms with Gasteiger partial charge in [0.15, 0.2) is 10.8 Å². The summed E-state index contributed by atoms with van der Waals surface area (Å²) in [5, 5.41) is 2.96. The van der Waals surface area contributed by atoms with E-state index in [1.807, 2.05) is 19.9 Å². The summed E-state index contributed by atoms with van der Waals surface area (Å²) in [5.74, 6) is 0.328. The number of ether oxygens (including phenoxy) is 2. The first-order valence-corrected chi connectivity index (χ1v) is 8.50. The lowest BCUT2D eigenvalue weighted by Crippen LogP contribution is -2.17. The predicted octanol–water partition coefficient (Wildman–Crippen LogP) is 4.49. The second kappa shape index (κ2) is 6.34. The molecule has 2 heterocycles. The second-order valence-electron chi connectivity index (χ2n) is 5.18. The highest BCUT2D eigenvalue weighted by molar-refractivity contribution is 7.12. The van der Waals surface area contributed by atoms with Crippen LogP contribution >= 0.6 is 22.9 Å². The Balaban J connectivity index is 1.99. The van der Waals surface area contributed by atoms with Gasteiger partial charge in [-0.2, -0.15) is 0 Å². The molecular weight excluding hydrogens is 334 g/mol. The maximum Gasteiger partial charge on any atom is 0.194 e. The lowest BCUT2D eigenvalue weighted by molar-refractivity contribution is 0.102. The van der Waals surface area contributed by atoms with Crippen molar-refractivity contribution in [3.63, 3.8) is 0 Å². The Morgan fingerprint density at radius 3 is 2.96 bits per heavy atom. The molecule has 1 aliphatic carbocycles. The highest BCUT2D eigenvalue weighted by Gasteiger charge is 2.31. The van der Waals surface area contributed by atoms with E-state index in [9.17, 15) is 4.79 Å². The number of halogens is 1. The summed E-state index contributed by atoms with van der Waals surface area (Å²) in [6, 6.07) is 1.75. The van der Waals surface area contributed by atoms with Gasteiger partial charge in [-0.05, 0) is 19.9 Å². The number of methoxy groups -OCH3 is 1. The van der Waals surface area contributed by atoms with Gasteiger partial charge in [0.1, 0.15) is 5.76 Å². The average Bonchev–Trinajstić information content (AvgIpc) is 3.13. The van der Waals surface area contributed by atoms with E-state index in [1.165, 1.54) is 18.4 Å². The summed E-state index contributed by atoms with van der Waals surface area (Å²) in [7, 11) is 1.53. The van der Waals surface area contributed by atoms with Crippen LogP contribution in [0.2, 0.25) is 0 Å². The lowest BCUT2D eigenvalue weighted by Gasteiger charge is -2.19. The number of hydrogen-bond acceptors (Lipinski definition) is 5. The SMILES string of the molecule is CCOc1cc(C(=O)C2=C(OC)C(Cl)=C3C=C(C)N=C3C2)cs1. The van der Waals surface area contributed by atoms with Gasteiger partial charge in [-0.3, -0.25) is 9.79 Å². The van der Waals surface area contributed by atoms with Gasteiger partial charge in [-0.25, -0.2) is 0 Å². The first kappa shape index (κ1) is 16.0. The zero-order chi connectivity index (χ0) is 16.6. The van der Waals surface area contributed by atoms with E-state index in [-0.39, 0.29) is 5.78 Å². The smallest absolute Gasteiger partial charge is 0.194 e. The van der Waals surface area contributed by atoms with E-state index in [0.29, 0.717) is 35.0 Å². The summed E-state index contributed by atoms with van der Waals surface area (Å²) in [6.45, 7) is 4.39. The van der Waals surface area contributed by atoms with E-state index in [4.69, 9.17) is 21.1 Å². The molecule has 0 saturated heterocycles. The van der Waals surface area contributed by atoms with Gasteiger partial charge in [0.25, 0.3) is 0 Å². The van der Waals surface area contributed by atoms with Crippen molar-refractivity contribution in [1.82, 2.24) is 0 Å². The van der Waals surface area contributed by atoms with Crippen molar-refractivity contribution in [2.24, 2.45) is 4.99 Å². The normalized spacial score (nSPS) is 17.0. The molecule has 0 unspecified atom stereocenters. The van der Waals surface area contributed by atoms with Gasteiger partial charge in [-0.1, -0.05) is 11.6 Å². The zero-order valence-electron chi connectivity index (χ0n) is 13.1. The highest BCUT2D eigenvalue weighted by atomic mass is 35.5. The van der Waals surface area contributed by atoms with Crippen LogP contribution in [0.5, 0.6) is 5.06 Å². The molecule has 0 N–H and O–H groups in total. The first-order chi connectivity index (χ1) is 11.0. The highest BCUT2D eigenvalue weighted by Crippen LogP contribution is 2.38. The van der Waals surface area contributed by atoms with E-state index < -0.39 is 0 Å². The Hall–Kier alpha value is -1.85. The van der Waals surface area contributed by atoms with E-state index in [1.54, 1.807) is 11.4 Å². The van der Waals surface area contributed by atoms with Crippen molar-refractivity contribution in [1.29, 1.82) is 0 Å². The number of hydrogen-bond donors (Lipinski definition) is 0. The van der Waals surface area contributed by atoms with Crippen LogP contribution in [-0.4, -0.2) is 25.2 Å². The van der Waals surface area contributed by atoms with E-state index in [0.717, 1.165) is 22.0 Å². The number of carbonyl (C=O) groups is 1. The molecule has 3 rings (SSSR count). The topological polar surface area (TPSA) is 47.9 Å². The van der Waals surface area contributed by atoms with Gasteiger partial charge in [0.2, 0.25) is 0 Å². The lowest BCUT2D eigenvalue weighted by atomic mass is 9.91. The predicted molar refractivity (Wildman–Crippen MR) is 92.5 cm³/mol. The Kier molecular flexibility index (Phi) is 4.41. The second-order valence-corrected chi connectivity index (χ2v) is 6.43. The van der Waals surface area contributed by atoms with Gasteiger partial charge in [0.05, 0.1) is 24.5 Å². The molecule has 1 aliphatic heterocycles. The number of Topliss-reactive ketones (excluding diaryl/α,β-unsaturated/α-hetero) is 1. The van der Waals surface area contributed by atoms with Crippen LogP contribution in [0.1, 0.15) is 30.6 Å². The molecule has 120 valence electrons. The molecule has 0 spiro atoms. The maximum absolute atomic E-state index is 12.9. The Labute approximate surface area is 143 Å². The Morgan fingerprint density at radius 2 is 2.26 bits per heavy atom. The van der Waals surface area contributed by atoms with Crippen LogP contribution in [-0.2, 0) is 4.74 Å². The minimum absolute atomic E-state index is 0.103. The summed E-state index contributed by atoms with van der Waals surface area (Å²) in [5.41, 5.74) is 3.66. The Morgan fingerprint density at radius 1 is 1.48 bits per heavy atom. The number of nitrogens with zero attached hydrogens (tertiary/aromatic N) is 1. The Bertz CT molecular complexity index is 799. The summed E-state index contributed by atoms with van der Waals surface area (Å²) in [6.07, 6.45) is 2.33. The molecule has 0 fully saturated rings. The van der Waals surface area contributed by atoms with Gasteiger partial charge >= 0.3 is 0 Å². The quantitative estimate of drug-likeness (QED) is 0.736. The number of thiophene rings is 1. The standard InChI is InChI=1S/C17H16ClNO3S/c1-4-22-14-6-10(8-23-14)16(20)12-7-13-11(5-9(2)19-13)15(18)17(12)21-3/h5-6,8H,4,7H2,1-3H3. The monoisotopic (exact) mass is 349 g/mol. The molecular formula is C17H16ClNO3S. The zero-order valence-corrected chi connectivity index (χ0v) is 14.7. The van der Waals surface area contributed by atoms with Gasteiger partial charge < -0.3 is 9.47 Å². The third kappa shape index (κ3) is 2.86. The van der Waals surface area contributed by atoms with E-state index >= 15 is 0 Å². The number of allylic oxidation sites excluding steroid dienone is 5. The van der Waals surface area contributed by atoms with Crippen molar-refractivity contribution in [3.05, 3.63) is 50.7 Å². The average molecular weight is 350 g/mol. The third-order valence-electron chi connectivity index (χ3n) is 3.63. The molecule has 0 aromatic carbocycles. The first-order valence-electron chi connectivity index (χ1n) is 7.24.